The Morgan fingerprint density at radius 2 is 1.68 bits per heavy atom. The standard InChI is InChI=1S/C20H30N5O5P/c1-19(2,3)16(26)29-18(30-17(27)20(4,5)6)31(28)10-8-7-9-12-24-14(21)13-15(25-12)23-11-22-13/h7-8,11,18,31H,9-10H2,1-6H3,(H3,21,22,23,24,25)/b8-7+. The number of nitrogens with zero attached hydrogens (tertiary/aromatic N) is 3. The van der Waals surface area contributed by atoms with Crippen molar-refractivity contribution >= 4 is 36.7 Å². The van der Waals surface area contributed by atoms with Gasteiger partial charge in [0, 0.05) is 12.6 Å². The van der Waals surface area contributed by atoms with Crippen molar-refractivity contribution in [2.75, 3.05) is 11.9 Å². The summed E-state index contributed by atoms with van der Waals surface area (Å²) < 4.78 is 23.3. The van der Waals surface area contributed by atoms with E-state index < -0.39 is 36.6 Å². The number of hydrogen-bond acceptors (Lipinski definition) is 9. The van der Waals surface area contributed by atoms with Crippen LogP contribution in [0.3, 0.4) is 0 Å². The van der Waals surface area contributed by atoms with E-state index in [1.807, 2.05) is 0 Å². The fourth-order valence-electron chi connectivity index (χ4n) is 2.18. The van der Waals surface area contributed by atoms with Crippen LogP contribution < -0.4 is 5.73 Å². The van der Waals surface area contributed by atoms with Gasteiger partial charge >= 0.3 is 11.9 Å². The summed E-state index contributed by atoms with van der Waals surface area (Å²) in [5.41, 5.74) is 5.25. The van der Waals surface area contributed by atoms with Crippen LogP contribution in [0.2, 0.25) is 0 Å². The van der Waals surface area contributed by atoms with Crippen molar-refractivity contribution in [1.29, 1.82) is 0 Å². The van der Waals surface area contributed by atoms with E-state index in [-0.39, 0.29) is 6.16 Å². The molecule has 170 valence electrons. The monoisotopic (exact) mass is 451 g/mol. The van der Waals surface area contributed by atoms with Gasteiger partial charge in [-0.3, -0.25) is 9.59 Å². The maximum atomic E-state index is 12.8. The highest BCUT2D eigenvalue weighted by atomic mass is 31.1. The van der Waals surface area contributed by atoms with E-state index in [0.717, 1.165) is 0 Å². The average Bonchev–Trinajstić information content (AvgIpc) is 3.12. The number of carbonyl (C=O) groups is 2. The number of ether oxygens (including phenoxy) is 2. The number of imidazole rings is 1. The number of allylic oxidation sites excluding steroid dienone is 2. The van der Waals surface area contributed by atoms with Gasteiger partial charge in [0.1, 0.15) is 11.3 Å². The number of esters is 2. The second-order valence-electron chi connectivity index (χ2n) is 9.11. The summed E-state index contributed by atoms with van der Waals surface area (Å²) in [5.74, 6) is -0.443. The van der Waals surface area contributed by atoms with Crippen LogP contribution in [0.25, 0.3) is 11.2 Å². The molecule has 0 aliphatic heterocycles. The first-order valence-corrected chi connectivity index (χ1v) is 11.5. The van der Waals surface area contributed by atoms with E-state index in [9.17, 15) is 14.2 Å². The lowest BCUT2D eigenvalue weighted by Gasteiger charge is -2.25. The van der Waals surface area contributed by atoms with Crippen LogP contribution in [-0.4, -0.2) is 44.1 Å². The first-order chi connectivity index (χ1) is 14.3. The number of anilines is 1. The Labute approximate surface area is 181 Å². The zero-order chi connectivity index (χ0) is 23.4. The molecule has 0 saturated carbocycles. The number of rotatable bonds is 7. The lowest BCUT2D eigenvalue weighted by atomic mass is 9.97. The van der Waals surface area contributed by atoms with Crippen LogP contribution in [0.15, 0.2) is 18.5 Å². The van der Waals surface area contributed by atoms with Gasteiger partial charge in [0.15, 0.2) is 19.3 Å². The molecular weight excluding hydrogens is 421 g/mol. The average molecular weight is 451 g/mol. The third kappa shape index (κ3) is 6.89. The zero-order valence-electron chi connectivity index (χ0n) is 18.7. The molecule has 3 N–H and O–H groups in total. The van der Waals surface area contributed by atoms with E-state index in [1.54, 1.807) is 53.7 Å². The molecule has 0 aliphatic rings. The zero-order valence-corrected chi connectivity index (χ0v) is 19.7. The highest BCUT2D eigenvalue weighted by molar-refractivity contribution is 7.45. The summed E-state index contributed by atoms with van der Waals surface area (Å²) >= 11 is 0. The first kappa shape index (κ1) is 24.5. The Kier molecular flexibility index (Phi) is 7.59. The van der Waals surface area contributed by atoms with E-state index in [4.69, 9.17) is 15.2 Å². The van der Waals surface area contributed by atoms with Gasteiger partial charge in [-0.2, -0.15) is 0 Å². The van der Waals surface area contributed by atoms with Gasteiger partial charge in [-0.05, 0) is 41.5 Å². The molecule has 31 heavy (non-hydrogen) atoms. The molecule has 0 spiro atoms. The number of H-pyrrole nitrogens is 1. The molecule has 1 unspecified atom stereocenters. The molecule has 0 aromatic carbocycles. The smallest absolute Gasteiger partial charge is 0.314 e. The quantitative estimate of drug-likeness (QED) is 0.280. The number of aromatic amines is 1. The molecular formula is C20H30N5O5P. The van der Waals surface area contributed by atoms with Gasteiger partial charge in [0.05, 0.1) is 17.2 Å². The molecule has 1 atom stereocenters. The highest BCUT2D eigenvalue weighted by Crippen LogP contribution is 2.34. The van der Waals surface area contributed by atoms with E-state index in [2.05, 4.69) is 19.9 Å². The van der Waals surface area contributed by atoms with Crippen LogP contribution in [-0.2, 0) is 30.0 Å². The van der Waals surface area contributed by atoms with Crippen LogP contribution >= 0.6 is 7.80 Å². The van der Waals surface area contributed by atoms with Gasteiger partial charge in [0.25, 0.3) is 6.03 Å². The van der Waals surface area contributed by atoms with Crippen molar-refractivity contribution in [2.24, 2.45) is 10.8 Å². The van der Waals surface area contributed by atoms with Crippen LogP contribution in [0.5, 0.6) is 0 Å². The number of nitrogen functional groups attached to an aromatic ring is 1. The number of fused-ring (bicyclic) bond motifs is 1. The Morgan fingerprint density at radius 3 is 2.23 bits per heavy atom. The van der Waals surface area contributed by atoms with Gasteiger partial charge in [0.2, 0.25) is 0 Å². The maximum absolute atomic E-state index is 12.8. The lowest BCUT2D eigenvalue weighted by molar-refractivity contribution is -0.184. The Morgan fingerprint density at radius 1 is 1.10 bits per heavy atom. The lowest BCUT2D eigenvalue weighted by Crippen LogP contribution is -2.33. The Bertz CT molecular complexity index is 976. The summed E-state index contributed by atoms with van der Waals surface area (Å²) in [5, 5.41) is 0. The fraction of sp³-hybridized carbons (Fsp3) is 0.550. The molecule has 0 bridgehead atoms. The highest BCUT2D eigenvalue weighted by Gasteiger charge is 2.34. The van der Waals surface area contributed by atoms with Crippen LogP contribution in [0.4, 0.5) is 5.82 Å². The molecule has 2 aromatic heterocycles. The largest absolute Gasteiger partial charge is 0.418 e. The topological polar surface area (TPSA) is 150 Å². The third-order valence-corrected chi connectivity index (χ3v) is 5.46. The van der Waals surface area contributed by atoms with Crippen molar-refractivity contribution in [3.8, 4) is 0 Å². The van der Waals surface area contributed by atoms with Crippen LogP contribution in [0.1, 0.15) is 47.4 Å². The molecule has 0 aliphatic carbocycles. The predicted octanol–water partition coefficient (Wildman–Crippen LogP) is 3.06. The Hall–Kier alpha value is -2.74. The number of nitrogens with two attached hydrogens (primary N) is 1. The van der Waals surface area contributed by atoms with Gasteiger partial charge in [-0.1, -0.05) is 12.2 Å². The van der Waals surface area contributed by atoms with Gasteiger partial charge < -0.3 is 24.8 Å². The number of aromatic nitrogens is 4. The number of carbonyl (C=O) groups excluding carboxylic acids is 2. The summed E-state index contributed by atoms with van der Waals surface area (Å²) in [6.45, 7) is 9.98. The molecule has 10 nitrogen and oxygen atoms in total. The number of nitrogens with one attached hydrogen (secondary N) is 1. The minimum Gasteiger partial charge on any atom is -0.418 e. The summed E-state index contributed by atoms with van der Waals surface area (Å²) in [7, 11) is -2.63. The predicted molar refractivity (Wildman–Crippen MR) is 118 cm³/mol. The van der Waals surface area contributed by atoms with Crippen molar-refractivity contribution in [3.05, 3.63) is 24.3 Å². The summed E-state index contributed by atoms with van der Waals surface area (Å²) in [4.78, 5) is 39.9. The molecule has 0 fully saturated rings. The van der Waals surface area contributed by atoms with Crippen molar-refractivity contribution < 1.29 is 23.6 Å². The molecule has 0 amide bonds. The van der Waals surface area contributed by atoms with E-state index in [1.165, 1.54) is 6.33 Å². The number of hydrogen-bond donors (Lipinski definition) is 2. The minimum atomic E-state index is -2.63. The first-order valence-electron chi connectivity index (χ1n) is 9.84. The normalized spacial score (nSPS) is 13.6. The molecule has 0 saturated heterocycles. The SMILES string of the molecule is CC(C)(C)C(=O)OC(OC(=O)C(C)(C)C)[PH](=O)C/C=C/Cc1nc(N)c2[nH]cnc2n1. The summed E-state index contributed by atoms with van der Waals surface area (Å²) in [6.07, 6.45) is 5.28. The molecule has 11 heteroatoms. The van der Waals surface area contributed by atoms with Crippen molar-refractivity contribution in [1.82, 2.24) is 19.9 Å². The van der Waals surface area contributed by atoms with Gasteiger partial charge in [-0.15, -0.1) is 0 Å². The molecule has 2 rings (SSSR count). The molecule has 0 radical (unpaired) electrons. The molecule has 2 heterocycles. The Balaban J connectivity index is 2.05. The minimum absolute atomic E-state index is 0.0737. The van der Waals surface area contributed by atoms with Crippen molar-refractivity contribution in [2.45, 2.75) is 54.0 Å². The second kappa shape index (κ2) is 9.60. The molecule has 2 aromatic rings. The summed E-state index contributed by atoms with van der Waals surface area (Å²) in [6, 6.07) is -1.43. The van der Waals surface area contributed by atoms with Crippen LogP contribution in [0, 0.1) is 10.8 Å². The maximum Gasteiger partial charge on any atom is 0.314 e. The third-order valence-electron chi connectivity index (χ3n) is 4.06. The van der Waals surface area contributed by atoms with E-state index >= 15 is 0 Å². The van der Waals surface area contributed by atoms with Gasteiger partial charge in [-0.25, -0.2) is 15.0 Å². The van der Waals surface area contributed by atoms with E-state index in [0.29, 0.717) is 29.2 Å². The second-order valence-corrected chi connectivity index (χ2v) is 10.9. The van der Waals surface area contributed by atoms with Crippen molar-refractivity contribution in [3.63, 3.8) is 0 Å². The fourth-order valence-corrected chi connectivity index (χ4v) is 3.25.